The van der Waals surface area contributed by atoms with Crippen molar-refractivity contribution < 1.29 is 27.8 Å². The molecule has 10 heteroatoms. The summed E-state index contributed by atoms with van der Waals surface area (Å²) < 4.78 is 30.4. The molecule has 2 heterocycles. The maximum atomic E-state index is 14.6. The summed E-state index contributed by atoms with van der Waals surface area (Å²) in [6, 6.07) is 12.6. The third kappa shape index (κ3) is 8.29. The van der Waals surface area contributed by atoms with Crippen molar-refractivity contribution in [2.45, 2.75) is 32.6 Å². The van der Waals surface area contributed by atoms with Crippen molar-refractivity contribution in [3.63, 3.8) is 0 Å². The van der Waals surface area contributed by atoms with Gasteiger partial charge in [0.2, 0.25) is 0 Å². The number of benzene rings is 2. The lowest BCUT2D eigenvalue weighted by molar-refractivity contribution is -0.888. The van der Waals surface area contributed by atoms with Crippen LogP contribution in [0.1, 0.15) is 44.1 Å². The van der Waals surface area contributed by atoms with Crippen LogP contribution in [-0.4, -0.2) is 55.3 Å². The predicted molar refractivity (Wildman–Crippen MR) is 146 cm³/mol. The molecule has 0 radical (unpaired) electrons. The predicted octanol–water partition coefficient (Wildman–Crippen LogP) is 5.27. The zero-order chi connectivity index (χ0) is 27.9. The first-order valence-electron chi connectivity index (χ1n) is 12.8. The minimum atomic E-state index is -0.488. The topological polar surface area (TPSA) is 109 Å². The van der Waals surface area contributed by atoms with Crippen molar-refractivity contribution in [2.75, 3.05) is 50.1 Å². The molecule has 3 aromatic rings. The number of nitrogens with zero attached hydrogens (tertiary/aromatic N) is 2. The number of carbonyl (C=O) groups is 1. The first kappa shape index (κ1) is 28.1. The molecule has 0 bridgehead atoms. The second kappa shape index (κ2) is 12.3. The number of ether oxygens (including phenoxy) is 2. The fraction of sp³-hybridized carbons (Fsp3) is 0.379. The Labute approximate surface area is 227 Å². The Balaban J connectivity index is 1.25. The number of amides is 2. The number of aromatic nitrogens is 1. The highest BCUT2D eigenvalue weighted by molar-refractivity contribution is 5.99. The van der Waals surface area contributed by atoms with Gasteiger partial charge in [-0.15, -0.1) is 0 Å². The molecular formula is C29H33FN4O5. The molecule has 0 aliphatic carbocycles. The van der Waals surface area contributed by atoms with Crippen LogP contribution in [0.15, 0.2) is 53.1 Å². The molecule has 2 amide bonds. The smallest absolute Gasteiger partial charge is 0.324 e. The molecule has 39 heavy (non-hydrogen) atoms. The molecule has 1 aliphatic rings. The average Bonchev–Trinajstić information content (AvgIpc) is 3.36. The summed E-state index contributed by atoms with van der Waals surface area (Å²) >= 11 is 0. The van der Waals surface area contributed by atoms with E-state index in [0.717, 1.165) is 0 Å². The van der Waals surface area contributed by atoms with Gasteiger partial charge in [-0.1, -0.05) is 37.8 Å². The summed E-state index contributed by atoms with van der Waals surface area (Å²) in [5.41, 5.74) is 1.24. The Morgan fingerprint density at radius 1 is 1.10 bits per heavy atom. The number of carbonyl (C=O) groups excluding carboxylic acids is 1. The summed E-state index contributed by atoms with van der Waals surface area (Å²) in [5, 5.41) is 21.7. The summed E-state index contributed by atoms with van der Waals surface area (Å²) in [7, 11) is 0. The first-order chi connectivity index (χ1) is 18.6. The summed E-state index contributed by atoms with van der Waals surface area (Å²) in [6.45, 7) is 8.64. The molecule has 1 aliphatic heterocycles. The van der Waals surface area contributed by atoms with Gasteiger partial charge in [-0.3, -0.25) is 5.32 Å². The SMILES string of the molecule is CC(C)(C)c1cc(NC(=O)Nc2ccc(C#Cc3ccc(OCCC[N+]4([O-])CCOCC4)cc3F)cc2)no1. The van der Waals surface area contributed by atoms with E-state index in [9.17, 15) is 14.4 Å². The highest BCUT2D eigenvalue weighted by Crippen LogP contribution is 2.24. The highest BCUT2D eigenvalue weighted by Gasteiger charge is 2.21. The number of nitrogens with one attached hydrogen (secondary N) is 2. The van der Waals surface area contributed by atoms with Gasteiger partial charge in [0.15, 0.2) is 5.82 Å². The number of rotatable bonds is 7. The normalized spacial score (nSPS) is 14.7. The summed E-state index contributed by atoms with van der Waals surface area (Å²) in [5.74, 6) is 6.64. The number of hydrogen-bond acceptors (Lipinski definition) is 6. The van der Waals surface area contributed by atoms with Crippen molar-refractivity contribution in [3.05, 3.63) is 76.4 Å². The first-order valence-corrected chi connectivity index (χ1v) is 12.8. The Kier molecular flexibility index (Phi) is 8.86. The number of halogens is 1. The van der Waals surface area contributed by atoms with Gasteiger partial charge < -0.3 is 29.2 Å². The van der Waals surface area contributed by atoms with Crippen LogP contribution >= 0.6 is 0 Å². The van der Waals surface area contributed by atoms with E-state index >= 15 is 0 Å². The van der Waals surface area contributed by atoms with Gasteiger partial charge >= 0.3 is 6.03 Å². The monoisotopic (exact) mass is 536 g/mol. The Bertz CT molecular complexity index is 1330. The number of hydrogen-bond donors (Lipinski definition) is 2. The molecule has 0 saturated carbocycles. The number of quaternary nitrogens is 1. The average molecular weight is 537 g/mol. The minimum absolute atomic E-state index is 0.216. The minimum Gasteiger partial charge on any atom is -0.633 e. The van der Waals surface area contributed by atoms with E-state index in [0.29, 0.717) is 74.5 Å². The summed E-state index contributed by atoms with van der Waals surface area (Å²) in [4.78, 5) is 12.3. The van der Waals surface area contributed by atoms with Gasteiger partial charge in [0.05, 0.1) is 31.9 Å². The fourth-order valence-electron chi connectivity index (χ4n) is 3.87. The van der Waals surface area contributed by atoms with E-state index < -0.39 is 11.8 Å². The van der Waals surface area contributed by atoms with Crippen molar-refractivity contribution in [1.29, 1.82) is 0 Å². The molecule has 1 saturated heterocycles. The Hall–Kier alpha value is -3.91. The Morgan fingerprint density at radius 2 is 1.85 bits per heavy atom. The van der Waals surface area contributed by atoms with Crippen LogP contribution in [0.4, 0.5) is 20.7 Å². The molecule has 206 valence electrons. The van der Waals surface area contributed by atoms with E-state index in [4.69, 9.17) is 14.0 Å². The van der Waals surface area contributed by atoms with E-state index in [1.165, 1.54) is 6.07 Å². The lowest BCUT2D eigenvalue weighted by Crippen LogP contribution is -2.51. The van der Waals surface area contributed by atoms with Gasteiger partial charge in [0, 0.05) is 35.2 Å². The van der Waals surface area contributed by atoms with Crippen LogP contribution < -0.4 is 15.4 Å². The quantitative estimate of drug-likeness (QED) is 0.184. The van der Waals surface area contributed by atoms with Crippen LogP contribution in [0.3, 0.4) is 0 Å². The molecule has 0 atom stereocenters. The van der Waals surface area contributed by atoms with Gasteiger partial charge in [-0.05, 0) is 36.4 Å². The van der Waals surface area contributed by atoms with Crippen molar-refractivity contribution in [1.82, 2.24) is 5.16 Å². The second-order valence-electron chi connectivity index (χ2n) is 10.4. The zero-order valence-electron chi connectivity index (χ0n) is 22.4. The van der Waals surface area contributed by atoms with Gasteiger partial charge in [0.25, 0.3) is 0 Å². The van der Waals surface area contributed by atoms with Crippen LogP contribution in [0.2, 0.25) is 0 Å². The fourth-order valence-corrected chi connectivity index (χ4v) is 3.87. The van der Waals surface area contributed by atoms with E-state index in [2.05, 4.69) is 27.6 Å². The maximum Gasteiger partial charge on any atom is 0.324 e. The Morgan fingerprint density at radius 3 is 2.51 bits per heavy atom. The molecule has 1 aromatic heterocycles. The number of hydroxylamine groups is 3. The summed E-state index contributed by atoms with van der Waals surface area (Å²) in [6.07, 6.45) is 0.581. The molecule has 1 fully saturated rings. The highest BCUT2D eigenvalue weighted by atomic mass is 19.1. The lowest BCUT2D eigenvalue weighted by Gasteiger charge is -2.45. The van der Waals surface area contributed by atoms with Crippen molar-refractivity contribution >= 4 is 17.5 Å². The van der Waals surface area contributed by atoms with Crippen molar-refractivity contribution in [3.8, 4) is 17.6 Å². The van der Waals surface area contributed by atoms with Crippen LogP contribution in [-0.2, 0) is 10.2 Å². The maximum absolute atomic E-state index is 14.6. The van der Waals surface area contributed by atoms with Crippen LogP contribution in [0.25, 0.3) is 0 Å². The third-order valence-electron chi connectivity index (χ3n) is 6.18. The number of anilines is 2. The molecule has 9 nitrogen and oxygen atoms in total. The molecule has 2 aromatic carbocycles. The van der Waals surface area contributed by atoms with E-state index in [1.807, 2.05) is 20.8 Å². The number of urea groups is 1. The van der Waals surface area contributed by atoms with Crippen LogP contribution in [0, 0.1) is 22.9 Å². The van der Waals surface area contributed by atoms with E-state index in [-0.39, 0.29) is 15.6 Å². The van der Waals surface area contributed by atoms with Gasteiger partial charge in [-0.2, -0.15) is 0 Å². The molecule has 0 spiro atoms. The molecule has 2 N–H and O–H groups in total. The van der Waals surface area contributed by atoms with Gasteiger partial charge in [-0.25, -0.2) is 9.18 Å². The van der Waals surface area contributed by atoms with Gasteiger partial charge in [0.1, 0.15) is 30.4 Å². The second-order valence-corrected chi connectivity index (χ2v) is 10.4. The third-order valence-corrected chi connectivity index (χ3v) is 6.18. The van der Waals surface area contributed by atoms with E-state index in [1.54, 1.807) is 42.5 Å². The zero-order valence-corrected chi connectivity index (χ0v) is 22.4. The molecular weight excluding hydrogens is 503 g/mol. The van der Waals surface area contributed by atoms with Crippen LogP contribution in [0.5, 0.6) is 5.75 Å². The molecule has 4 rings (SSSR count). The largest absolute Gasteiger partial charge is 0.633 e. The lowest BCUT2D eigenvalue weighted by atomic mass is 9.93. The number of morpholine rings is 1. The standard InChI is InChI=1S/C29H33FN4O5/c1-29(2,3)26-20-27(33-39-26)32-28(35)31-23-10-6-21(7-11-23)5-8-22-9-12-24(19-25(22)30)38-16-4-13-34(36)14-17-37-18-15-34/h6-7,9-12,19-20H,4,13-18H2,1-3H3,(H2,31,32,33,35). The molecule has 0 unspecified atom stereocenters. The van der Waals surface area contributed by atoms with Crippen molar-refractivity contribution in [2.24, 2.45) is 0 Å².